The predicted molar refractivity (Wildman–Crippen MR) is 69.2 cm³/mol. The van der Waals surface area contributed by atoms with Gasteiger partial charge in [-0.05, 0) is 5.56 Å². The summed E-state index contributed by atoms with van der Waals surface area (Å²) in [6, 6.07) is 9.19. The number of hydrogen-bond acceptors (Lipinski definition) is 5. The molecule has 1 aromatic carbocycles. The monoisotopic (exact) mass is 273 g/mol. The van der Waals surface area contributed by atoms with Gasteiger partial charge >= 0.3 is 12.1 Å². The molecule has 1 heterocycles. The number of nitrogens with one attached hydrogen (secondary N) is 1. The number of ether oxygens (including phenoxy) is 1. The van der Waals surface area contributed by atoms with Crippen LogP contribution in [-0.4, -0.2) is 27.1 Å². The van der Waals surface area contributed by atoms with Crippen molar-refractivity contribution in [1.29, 1.82) is 0 Å². The Morgan fingerprint density at radius 2 is 1.80 bits per heavy atom. The molecule has 0 aliphatic heterocycles. The van der Waals surface area contributed by atoms with Gasteiger partial charge in [0.25, 0.3) is 0 Å². The van der Waals surface area contributed by atoms with Gasteiger partial charge < -0.3 is 9.84 Å². The number of carboxylic acids is 1. The van der Waals surface area contributed by atoms with Crippen molar-refractivity contribution < 1.29 is 19.4 Å². The van der Waals surface area contributed by atoms with E-state index in [1.807, 2.05) is 30.3 Å². The van der Waals surface area contributed by atoms with Gasteiger partial charge in [0.2, 0.25) is 5.95 Å². The summed E-state index contributed by atoms with van der Waals surface area (Å²) in [5, 5.41) is 11.0. The molecule has 0 unspecified atom stereocenters. The van der Waals surface area contributed by atoms with Gasteiger partial charge in [-0.15, -0.1) is 0 Å². The second-order valence-corrected chi connectivity index (χ2v) is 3.79. The molecule has 0 fully saturated rings. The Bertz CT molecular complexity index is 599. The number of benzene rings is 1. The summed E-state index contributed by atoms with van der Waals surface area (Å²) in [6.45, 7) is 0.125. The van der Waals surface area contributed by atoms with E-state index in [1.54, 1.807) is 0 Å². The van der Waals surface area contributed by atoms with Gasteiger partial charge in [-0.3, -0.25) is 5.32 Å². The van der Waals surface area contributed by atoms with Crippen LogP contribution in [0.2, 0.25) is 0 Å². The van der Waals surface area contributed by atoms with E-state index in [0.717, 1.165) is 18.0 Å². The molecule has 0 bridgehead atoms. The quantitative estimate of drug-likeness (QED) is 0.882. The molecule has 1 aromatic heterocycles. The Hall–Kier alpha value is -2.96. The first kappa shape index (κ1) is 13.5. The highest BCUT2D eigenvalue weighted by Gasteiger charge is 2.08. The number of aromatic carboxylic acids is 1. The van der Waals surface area contributed by atoms with Crippen molar-refractivity contribution >= 4 is 18.0 Å². The van der Waals surface area contributed by atoms with E-state index in [2.05, 4.69) is 15.3 Å². The first-order valence-electron chi connectivity index (χ1n) is 5.68. The number of carbonyl (C=O) groups is 2. The summed E-state index contributed by atoms with van der Waals surface area (Å²) in [5.74, 6) is -1.16. The van der Waals surface area contributed by atoms with Crippen LogP contribution in [0.15, 0.2) is 42.7 Å². The fourth-order valence-electron chi connectivity index (χ4n) is 1.35. The lowest BCUT2D eigenvalue weighted by molar-refractivity contribution is 0.0696. The molecule has 2 rings (SSSR count). The molecule has 20 heavy (non-hydrogen) atoms. The lowest BCUT2D eigenvalue weighted by Crippen LogP contribution is -2.15. The maximum atomic E-state index is 11.5. The molecule has 1 amide bonds. The van der Waals surface area contributed by atoms with Crippen molar-refractivity contribution in [3.05, 3.63) is 53.9 Å². The van der Waals surface area contributed by atoms with Gasteiger partial charge in [-0.25, -0.2) is 19.6 Å². The second kappa shape index (κ2) is 6.28. The van der Waals surface area contributed by atoms with E-state index in [0.29, 0.717) is 0 Å². The average Bonchev–Trinajstić information content (AvgIpc) is 2.47. The van der Waals surface area contributed by atoms with E-state index in [4.69, 9.17) is 9.84 Å². The van der Waals surface area contributed by atoms with Gasteiger partial charge in [0.05, 0.1) is 5.56 Å². The van der Waals surface area contributed by atoms with Crippen molar-refractivity contribution in [2.75, 3.05) is 5.32 Å². The first-order chi connectivity index (χ1) is 9.65. The van der Waals surface area contributed by atoms with Crippen molar-refractivity contribution in [1.82, 2.24) is 9.97 Å². The highest BCUT2D eigenvalue weighted by Crippen LogP contribution is 2.04. The Balaban J connectivity index is 1.86. The van der Waals surface area contributed by atoms with E-state index >= 15 is 0 Å². The summed E-state index contributed by atoms with van der Waals surface area (Å²) in [7, 11) is 0. The van der Waals surface area contributed by atoms with E-state index in [9.17, 15) is 9.59 Å². The van der Waals surface area contributed by atoms with Crippen LogP contribution in [0.4, 0.5) is 10.7 Å². The number of anilines is 1. The standard InChI is InChI=1S/C13H11N3O4/c17-11(18)10-6-14-12(15-7-10)16-13(19)20-8-9-4-2-1-3-5-9/h1-7H,8H2,(H,17,18)(H,14,15,16,19). The maximum Gasteiger partial charge on any atom is 0.414 e. The van der Waals surface area contributed by atoms with Crippen LogP contribution >= 0.6 is 0 Å². The van der Waals surface area contributed by atoms with E-state index in [-0.39, 0.29) is 18.1 Å². The molecule has 0 saturated carbocycles. The summed E-state index contributed by atoms with van der Waals surface area (Å²) in [6.07, 6.45) is 1.49. The molecule has 0 saturated heterocycles. The normalized spacial score (nSPS) is 9.80. The van der Waals surface area contributed by atoms with Gasteiger partial charge in [-0.1, -0.05) is 30.3 Å². The van der Waals surface area contributed by atoms with Gasteiger partial charge in [0.15, 0.2) is 0 Å². The molecule has 0 aliphatic rings. The molecule has 0 radical (unpaired) electrons. The zero-order chi connectivity index (χ0) is 14.4. The fraction of sp³-hybridized carbons (Fsp3) is 0.0769. The topological polar surface area (TPSA) is 101 Å². The molecule has 7 nitrogen and oxygen atoms in total. The fourth-order valence-corrected chi connectivity index (χ4v) is 1.35. The lowest BCUT2D eigenvalue weighted by atomic mass is 10.2. The van der Waals surface area contributed by atoms with Crippen LogP contribution < -0.4 is 5.32 Å². The minimum atomic E-state index is -1.14. The molecular weight excluding hydrogens is 262 g/mol. The summed E-state index contributed by atoms with van der Waals surface area (Å²) < 4.78 is 4.96. The third kappa shape index (κ3) is 3.77. The predicted octanol–water partition coefficient (Wildman–Crippen LogP) is 1.92. The number of aromatic nitrogens is 2. The molecule has 0 atom stereocenters. The number of nitrogens with zero attached hydrogens (tertiary/aromatic N) is 2. The van der Waals surface area contributed by atoms with Crippen LogP contribution in [0.1, 0.15) is 15.9 Å². The largest absolute Gasteiger partial charge is 0.478 e. The minimum absolute atomic E-state index is 0.0203. The molecule has 7 heteroatoms. The number of carboxylic acid groups (broad SMARTS) is 1. The van der Waals surface area contributed by atoms with E-state index in [1.165, 1.54) is 0 Å². The van der Waals surface area contributed by atoms with Crippen molar-refractivity contribution in [3.8, 4) is 0 Å². The number of carbonyl (C=O) groups excluding carboxylic acids is 1. The molecule has 102 valence electrons. The van der Waals surface area contributed by atoms with Crippen LogP contribution in [0.5, 0.6) is 0 Å². The van der Waals surface area contributed by atoms with Gasteiger partial charge in [0, 0.05) is 12.4 Å². The SMILES string of the molecule is O=C(Nc1ncc(C(=O)O)cn1)OCc1ccccc1. The number of rotatable bonds is 4. The average molecular weight is 273 g/mol. The molecule has 2 aromatic rings. The van der Waals surface area contributed by atoms with E-state index < -0.39 is 12.1 Å². The highest BCUT2D eigenvalue weighted by atomic mass is 16.5. The molecule has 2 N–H and O–H groups in total. The highest BCUT2D eigenvalue weighted by molar-refractivity contribution is 5.87. The summed E-state index contributed by atoms with van der Waals surface area (Å²) in [5.41, 5.74) is 0.790. The van der Waals surface area contributed by atoms with Gasteiger partial charge in [0.1, 0.15) is 6.61 Å². The first-order valence-corrected chi connectivity index (χ1v) is 5.68. The maximum absolute atomic E-state index is 11.5. The Morgan fingerprint density at radius 1 is 1.15 bits per heavy atom. The lowest BCUT2D eigenvalue weighted by Gasteiger charge is -2.05. The summed E-state index contributed by atoms with van der Waals surface area (Å²) >= 11 is 0. The third-order valence-electron chi connectivity index (χ3n) is 2.33. The number of amides is 1. The molecular formula is C13H11N3O4. The molecule has 0 aliphatic carbocycles. The number of hydrogen-bond donors (Lipinski definition) is 2. The van der Waals surface area contributed by atoms with Crippen molar-refractivity contribution in [2.45, 2.75) is 6.61 Å². The Labute approximate surface area is 114 Å². The van der Waals surface area contributed by atoms with Crippen LogP contribution in [-0.2, 0) is 11.3 Å². The van der Waals surface area contributed by atoms with Crippen LogP contribution in [0, 0.1) is 0 Å². The second-order valence-electron chi connectivity index (χ2n) is 3.79. The van der Waals surface area contributed by atoms with Gasteiger partial charge in [-0.2, -0.15) is 0 Å². The van der Waals surface area contributed by atoms with Crippen molar-refractivity contribution in [2.24, 2.45) is 0 Å². The smallest absolute Gasteiger partial charge is 0.414 e. The van der Waals surface area contributed by atoms with Crippen LogP contribution in [0.3, 0.4) is 0 Å². The van der Waals surface area contributed by atoms with Crippen molar-refractivity contribution in [3.63, 3.8) is 0 Å². The zero-order valence-electron chi connectivity index (χ0n) is 10.3. The third-order valence-corrected chi connectivity index (χ3v) is 2.33. The zero-order valence-corrected chi connectivity index (χ0v) is 10.3. The summed E-state index contributed by atoms with van der Waals surface area (Å²) in [4.78, 5) is 29.5. The molecule has 0 spiro atoms. The van der Waals surface area contributed by atoms with Crippen LogP contribution in [0.25, 0.3) is 0 Å². The Kier molecular flexibility index (Phi) is 4.23. The minimum Gasteiger partial charge on any atom is -0.478 e. The Morgan fingerprint density at radius 3 is 2.40 bits per heavy atom.